The molecule has 0 saturated carbocycles. The number of aryl methyl sites for hydroxylation is 1. The maximum absolute atomic E-state index is 11.0. The lowest BCUT2D eigenvalue weighted by atomic mass is 10.2. The highest BCUT2D eigenvalue weighted by Crippen LogP contribution is 2.31. The SMILES string of the molecule is Cc1cc(Br)c(-n2cc(C(=O)O)nn2)c([N+](=O)[O-])c1. The maximum atomic E-state index is 11.0. The lowest BCUT2D eigenvalue weighted by Gasteiger charge is -2.05. The van der Waals surface area contributed by atoms with Crippen molar-refractivity contribution in [2.75, 3.05) is 0 Å². The molecule has 98 valence electrons. The molecule has 1 aromatic carbocycles. The van der Waals surface area contributed by atoms with Crippen LogP contribution in [0.25, 0.3) is 5.69 Å². The van der Waals surface area contributed by atoms with E-state index in [1.165, 1.54) is 6.07 Å². The summed E-state index contributed by atoms with van der Waals surface area (Å²) in [5.41, 5.74) is 0.354. The van der Waals surface area contributed by atoms with Crippen molar-refractivity contribution < 1.29 is 14.8 Å². The highest BCUT2D eigenvalue weighted by atomic mass is 79.9. The van der Waals surface area contributed by atoms with Gasteiger partial charge in [-0.25, -0.2) is 9.48 Å². The summed E-state index contributed by atoms with van der Waals surface area (Å²) in [7, 11) is 0. The first-order chi connectivity index (χ1) is 8.90. The molecular formula is C10H7BrN4O4. The Morgan fingerprint density at radius 2 is 2.21 bits per heavy atom. The van der Waals surface area contributed by atoms with Crippen LogP contribution in [0.5, 0.6) is 0 Å². The molecule has 1 aromatic heterocycles. The second-order valence-corrected chi connectivity index (χ2v) is 4.58. The van der Waals surface area contributed by atoms with Crippen LogP contribution < -0.4 is 0 Å². The highest BCUT2D eigenvalue weighted by molar-refractivity contribution is 9.10. The number of hydrogen-bond acceptors (Lipinski definition) is 5. The summed E-state index contributed by atoms with van der Waals surface area (Å²) < 4.78 is 1.49. The van der Waals surface area contributed by atoms with Gasteiger partial charge in [0.2, 0.25) is 0 Å². The number of halogens is 1. The fourth-order valence-corrected chi connectivity index (χ4v) is 2.30. The van der Waals surface area contributed by atoms with Gasteiger partial charge in [-0.15, -0.1) is 5.10 Å². The smallest absolute Gasteiger partial charge is 0.358 e. The largest absolute Gasteiger partial charge is 0.476 e. The number of carboxylic acids is 1. The lowest BCUT2D eigenvalue weighted by Crippen LogP contribution is -2.03. The summed E-state index contributed by atoms with van der Waals surface area (Å²) in [6, 6.07) is 3.05. The Morgan fingerprint density at radius 1 is 1.53 bits per heavy atom. The summed E-state index contributed by atoms with van der Waals surface area (Å²) >= 11 is 3.21. The molecule has 0 atom stereocenters. The van der Waals surface area contributed by atoms with E-state index in [1.807, 2.05) is 0 Å². The number of nitrogens with zero attached hydrogens (tertiary/aromatic N) is 4. The monoisotopic (exact) mass is 326 g/mol. The van der Waals surface area contributed by atoms with Gasteiger partial charge in [0.15, 0.2) is 11.4 Å². The van der Waals surface area contributed by atoms with Crippen molar-refractivity contribution >= 4 is 27.6 Å². The van der Waals surface area contributed by atoms with Gasteiger partial charge >= 0.3 is 5.97 Å². The molecule has 0 unspecified atom stereocenters. The third-order valence-electron chi connectivity index (χ3n) is 2.33. The molecule has 1 N–H and O–H groups in total. The number of aromatic nitrogens is 3. The van der Waals surface area contributed by atoms with Crippen molar-refractivity contribution in [3.05, 3.63) is 44.2 Å². The Hall–Kier alpha value is -2.29. The van der Waals surface area contributed by atoms with Gasteiger partial charge < -0.3 is 5.11 Å². The molecule has 0 radical (unpaired) electrons. The third-order valence-corrected chi connectivity index (χ3v) is 2.93. The minimum atomic E-state index is -1.25. The molecule has 0 aliphatic heterocycles. The first kappa shape index (κ1) is 13.1. The molecular weight excluding hydrogens is 320 g/mol. The van der Waals surface area contributed by atoms with Gasteiger partial charge in [0.1, 0.15) is 0 Å². The molecule has 2 aromatic rings. The quantitative estimate of drug-likeness (QED) is 0.681. The first-order valence-corrected chi connectivity index (χ1v) is 5.80. The van der Waals surface area contributed by atoms with Crippen molar-refractivity contribution in [2.45, 2.75) is 6.92 Å². The molecule has 0 saturated heterocycles. The standard InChI is InChI=1S/C10H7BrN4O4/c1-5-2-6(11)9(8(3-5)15(18)19)14-4-7(10(16)17)12-13-14/h2-4H,1H3,(H,16,17). The Kier molecular flexibility index (Phi) is 3.30. The number of rotatable bonds is 3. The van der Waals surface area contributed by atoms with Gasteiger partial charge in [-0.3, -0.25) is 10.1 Å². The summed E-state index contributed by atoms with van der Waals surface area (Å²) in [4.78, 5) is 21.2. The minimum Gasteiger partial charge on any atom is -0.476 e. The van der Waals surface area contributed by atoms with E-state index in [-0.39, 0.29) is 17.1 Å². The van der Waals surface area contributed by atoms with Crippen molar-refractivity contribution in [1.82, 2.24) is 15.0 Å². The van der Waals surface area contributed by atoms with Crippen LogP contribution in [0.2, 0.25) is 0 Å². The highest BCUT2D eigenvalue weighted by Gasteiger charge is 2.22. The van der Waals surface area contributed by atoms with Crippen LogP contribution in [0.15, 0.2) is 22.8 Å². The van der Waals surface area contributed by atoms with Crippen LogP contribution in [0.1, 0.15) is 16.1 Å². The van der Waals surface area contributed by atoms with E-state index in [2.05, 4.69) is 26.2 Å². The maximum Gasteiger partial charge on any atom is 0.358 e. The molecule has 0 fully saturated rings. The molecule has 1 heterocycles. The molecule has 0 spiro atoms. The van der Waals surface area contributed by atoms with Gasteiger partial charge in [-0.05, 0) is 34.5 Å². The zero-order valence-electron chi connectivity index (χ0n) is 9.57. The average molecular weight is 327 g/mol. The lowest BCUT2D eigenvalue weighted by molar-refractivity contribution is -0.384. The zero-order valence-corrected chi connectivity index (χ0v) is 11.2. The van der Waals surface area contributed by atoms with Crippen molar-refractivity contribution in [1.29, 1.82) is 0 Å². The zero-order chi connectivity index (χ0) is 14.2. The van der Waals surface area contributed by atoms with E-state index in [4.69, 9.17) is 5.11 Å². The normalized spacial score (nSPS) is 10.4. The number of carboxylic acid groups (broad SMARTS) is 1. The number of carbonyl (C=O) groups is 1. The van der Waals surface area contributed by atoms with Crippen LogP contribution in [0.3, 0.4) is 0 Å². The van der Waals surface area contributed by atoms with Crippen molar-refractivity contribution in [3.63, 3.8) is 0 Å². The Balaban J connectivity index is 2.66. The number of aromatic carboxylic acids is 1. The fourth-order valence-electron chi connectivity index (χ4n) is 1.55. The predicted molar refractivity (Wildman–Crippen MR) is 67.4 cm³/mol. The Bertz CT molecular complexity index is 682. The van der Waals surface area contributed by atoms with Crippen LogP contribution in [0, 0.1) is 17.0 Å². The molecule has 0 aliphatic rings. The number of nitro groups is 1. The summed E-state index contributed by atoms with van der Waals surface area (Å²) in [5.74, 6) is -1.25. The van der Waals surface area contributed by atoms with Gasteiger partial charge in [-0.1, -0.05) is 5.21 Å². The fraction of sp³-hybridized carbons (Fsp3) is 0.100. The van der Waals surface area contributed by atoms with Crippen molar-refractivity contribution in [2.24, 2.45) is 0 Å². The van der Waals surface area contributed by atoms with Gasteiger partial charge in [0.25, 0.3) is 5.69 Å². The summed E-state index contributed by atoms with van der Waals surface area (Å²) in [6.07, 6.45) is 1.12. The van der Waals surface area contributed by atoms with Crippen LogP contribution in [0.4, 0.5) is 5.69 Å². The summed E-state index contributed by atoms with van der Waals surface area (Å²) in [5, 5.41) is 26.8. The molecule has 19 heavy (non-hydrogen) atoms. The Labute approximate surface area is 114 Å². The van der Waals surface area contributed by atoms with E-state index in [1.54, 1.807) is 13.0 Å². The van der Waals surface area contributed by atoms with Gasteiger partial charge in [-0.2, -0.15) is 0 Å². The molecule has 2 rings (SSSR count). The molecule has 0 amide bonds. The van der Waals surface area contributed by atoms with E-state index >= 15 is 0 Å². The van der Waals surface area contributed by atoms with Crippen molar-refractivity contribution in [3.8, 4) is 5.69 Å². The number of hydrogen-bond donors (Lipinski definition) is 1. The second-order valence-electron chi connectivity index (χ2n) is 3.73. The topological polar surface area (TPSA) is 111 Å². The Morgan fingerprint density at radius 3 is 2.74 bits per heavy atom. The molecule has 0 bridgehead atoms. The van der Waals surface area contributed by atoms with Gasteiger partial charge in [0, 0.05) is 6.07 Å². The van der Waals surface area contributed by atoms with E-state index in [0.29, 0.717) is 10.0 Å². The van der Waals surface area contributed by atoms with E-state index < -0.39 is 10.9 Å². The minimum absolute atomic E-state index is 0.135. The van der Waals surface area contributed by atoms with Crippen LogP contribution in [-0.4, -0.2) is 31.0 Å². The van der Waals surface area contributed by atoms with E-state index in [9.17, 15) is 14.9 Å². The van der Waals surface area contributed by atoms with Gasteiger partial charge in [0.05, 0.1) is 15.6 Å². The van der Waals surface area contributed by atoms with Crippen LogP contribution in [-0.2, 0) is 0 Å². The average Bonchev–Trinajstić information content (AvgIpc) is 2.76. The molecule has 8 nitrogen and oxygen atoms in total. The van der Waals surface area contributed by atoms with Crippen LogP contribution >= 0.6 is 15.9 Å². The first-order valence-electron chi connectivity index (χ1n) is 5.00. The second kappa shape index (κ2) is 4.76. The molecule has 0 aliphatic carbocycles. The molecule has 9 heteroatoms. The third kappa shape index (κ3) is 2.45. The summed E-state index contributed by atoms with van der Waals surface area (Å²) in [6.45, 7) is 1.71. The predicted octanol–water partition coefficient (Wildman–Crippen LogP) is 1.94. The van der Waals surface area contributed by atoms with E-state index in [0.717, 1.165) is 10.9 Å². The number of nitro benzene ring substituents is 1. The number of benzene rings is 1.